The Morgan fingerprint density at radius 3 is 2.52 bits per heavy atom. The molecule has 0 saturated heterocycles. The fourth-order valence-electron chi connectivity index (χ4n) is 2.42. The van der Waals surface area contributed by atoms with Crippen molar-refractivity contribution in [3.05, 3.63) is 70.8 Å². The third-order valence-electron chi connectivity index (χ3n) is 3.43. The molecule has 2 aromatic heterocycles. The molecular weight excluding hydrogens is 287 g/mol. The smallest absolute Gasteiger partial charge is 0.354 e. The molecule has 4 heteroatoms. The highest BCUT2D eigenvalue weighted by Gasteiger charge is 2.12. The minimum Gasteiger partial charge on any atom is -0.422 e. The maximum Gasteiger partial charge on any atom is 0.354 e. The number of thiophene rings is 1. The molecule has 0 aliphatic carbocycles. The molecule has 0 atom stereocenters. The normalized spacial score (nSPS) is 11.3. The SMILES string of the molecule is O=c1oc(-c2ccc(F)cc2)cc2c1sc1ccccc12. The molecule has 0 bridgehead atoms. The first-order valence-corrected chi connectivity index (χ1v) is 7.25. The Morgan fingerprint density at radius 2 is 1.71 bits per heavy atom. The molecular formula is C17H9FO2S. The van der Waals surface area contributed by atoms with Gasteiger partial charge in [-0.05, 0) is 36.4 Å². The minimum absolute atomic E-state index is 0.317. The molecule has 0 saturated carbocycles. The van der Waals surface area contributed by atoms with Crippen molar-refractivity contribution in [2.24, 2.45) is 0 Å². The summed E-state index contributed by atoms with van der Waals surface area (Å²) >= 11 is 1.43. The first kappa shape index (κ1) is 12.3. The Kier molecular flexibility index (Phi) is 2.65. The van der Waals surface area contributed by atoms with Crippen LogP contribution in [-0.4, -0.2) is 0 Å². The van der Waals surface area contributed by atoms with Crippen molar-refractivity contribution >= 4 is 31.5 Å². The minimum atomic E-state index is -0.354. The van der Waals surface area contributed by atoms with Crippen LogP contribution in [0.5, 0.6) is 0 Å². The van der Waals surface area contributed by atoms with Gasteiger partial charge in [-0.1, -0.05) is 18.2 Å². The lowest BCUT2D eigenvalue weighted by Gasteiger charge is -2.00. The monoisotopic (exact) mass is 296 g/mol. The van der Waals surface area contributed by atoms with Gasteiger partial charge < -0.3 is 4.42 Å². The van der Waals surface area contributed by atoms with Crippen molar-refractivity contribution in [1.82, 2.24) is 0 Å². The van der Waals surface area contributed by atoms with Crippen LogP contribution in [0.25, 0.3) is 31.5 Å². The van der Waals surface area contributed by atoms with E-state index in [1.165, 1.54) is 23.5 Å². The van der Waals surface area contributed by atoms with E-state index in [1.807, 2.05) is 30.3 Å². The molecule has 4 rings (SSSR count). The van der Waals surface area contributed by atoms with Crippen LogP contribution >= 0.6 is 11.3 Å². The molecule has 0 unspecified atom stereocenters. The number of hydrogen-bond donors (Lipinski definition) is 0. The Hall–Kier alpha value is -2.46. The van der Waals surface area contributed by atoms with Crippen molar-refractivity contribution in [2.75, 3.05) is 0 Å². The van der Waals surface area contributed by atoms with Gasteiger partial charge in [0.1, 0.15) is 16.3 Å². The second-order valence-corrected chi connectivity index (χ2v) is 5.80. The fourth-order valence-corrected chi connectivity index (χ4v) is 3.48. The molecule has 2 aromatic carbocycles. The van der Waals surface area contributed by atoms with Gasteiger partial charge in [-0.25, -0.2) is 9.18 Å². The van der Waals surface area contributed by atoms with Crippen LogP contribution < -0.4 is 5.63 Å². The lowest BCUT2D eigenvalue weighted by molar-refractivity contribution is 0.535. The first-order valence-electron chi connectivity index (χ1n) is 6.44. The number of fused-ring (bicyclic) bond motifs is 3. The van der Waals surface area contributed by atoms with E-state index in [0.29, 0.717) is 16.0 Å². The predicted molar refractivity (Wildman–Crippen MR) is 83.3 cm³/mol. The Morgan fingerprint density at radius 1 is 0.952 bits per heavy atom. The molecule has 0 spiro atoms. The highest BCUT2D eigenvalue weighted by atomic mass is 32.1. The first-order chi connectivity index (χ1) is 10.2. The summed E-state index contributed by atoms with van der Waals surface area (Å²) in [5.74, 6) is 0.138. The second kappa shape index (κ2) is 4.53. The summed E-state index contributed by atoms with van der Waals surface area (Å²) in [6.45, 7) is 0. The zero-order valence-electron chi connectivity index (χ0n) is 10.8. The van der Waals surface area contributed by atoms with E-state index < -0.39 is 0 Å². The van der Waals surface area contributed by atoms with Gasteiger partial charge in [0.2, 0.25) is 0 Å². The topological polar surface area (TPSA) is 30.2 Å². The lowest BCUT2D eigenvalue weighted by Crippen LogP contribution is -1.97. The maximum atomic E-state index is 13.0. The van der Waals surface area contributed by atoms with Crippen molar-refractivity contribution in [3.8, 4) is 11.3 Å². The van der Waals surface area contributed by atoms with E-state index in [2.05, 4.69) is 0 Å². The number of rotatable bonds is 1. The second-order valence-electron chi connectivity index (χ2n) is 4.75. The van der Waals surface area contributed by atoms with E-state index >= 15 is 0 Å². The van der Waals surface area contributed by atoms with Crippen LogP contribution in [0.4, 0.5) is 4.39 Å². The van der Waals surface area contributed by atoms with E-state index in [1.54, 1.807) is 12.1 Å². The van der Waals surface area contributed by atoms with Gasteiger partial charge in [0.05, 0.1) is 0 Å². The van der Waals surface area contributed by atoms with Crippen molar-refractivity contribution in [1.29, 1.82) is 0 Å². The third kappa shape index (κ3) is 1.96. The van der Waals surface area contributed by atoms with E-state index in [-0.39, 0.29) is 11.4 Å². The summed E-state index contributed by atoms with van der Waals surface area (Å²) in [5.41, 5.74) is 0.332. The molecule has 102 valence electrons. The van der Waals surface area contributed by atoms with Crippen LogP contribution in [0.2, 0.25) is 0 Å². The average molecular weight is 296 g/mol. The molecule has 0 fully saturated rings. The quantitative estimate of drug-likeness (QED) is 0.504. The summed E-state index contributed by atoms with van der Waals surface area (Å²) in [7, 11) is 0. The molecule has 21 heavy (non-hydrogen) atoms. The van der Waals surface area contributed by atoms with Gasteiger partial charge in [0.25, 0.3) is 0 Å². The lowest BCUT2D eigenvalue weighted by atomic mass is 10.1. The standard InChI is InChI=1S/C17H9FO2S/c18-11-7-5-10(6-8-11)14-9-13-12-3-1-2-4-15(12)21-16(13)17(19)20-14/h1-9H. The summed E-state index contributed by atoms with van der Waals surface area (Å²) in [4.78, 5) is 12.2. The molecule has 0 amide bonds. The summed E-state index contributed by atoms with van der Waals surface area (Å²) in [6, 6.07) is 15.6. The van der Waals surface area contributed by atoms with Crippen LogP contribution in [0.3, 0.4) is 0 Å². The zero-order valence-corrected chi connectivity index (χ0v) is 11.6. The fraction of sp³-hybridized carbons (Fsp3) is 0. The molecule has 0 radical (unpaired) electrons. The van der Waals surface area contributed by atoms with Crippen molar-refractivity contribution in [2.45, 2.75) is 0 Å². The highest BCUT2D eigenvalue weighted by molar-refractivity contribution is 7.25. The van der Waals surface area contributed by atoms with Crippen molar-refractivity contribution < 1.29 is 8.81 Å². The van der Waals surface area contributed by atoms with E-state index in [9.17, 15) is 9.18 Å². The van der Waals surface area contributed by atoms with Gasteiger partial charge in [0, 0.05) is 21.0 Å². The van der Waals surface area contributed by atoms with Gasteiger partial charge in [0.15, 0.2) is 0 Å². The zero-order chi connectivity index (χ0) is 14.4. The van der Waals surface area contributed by atoms with Crippen LogP contribution in [0, 0.1) is 5.82 Å². The Balaban J connectivity index is 2.05. The molecule has 2 heterocycles. The third-order valence-corrected chi connectivity index (χ3v) is 4.59. The molecule has 0 aliphatic heterocycles. The van der Waals surface area contributed by atoms with Crippen LogP contribution in [0.15, 0.2) is 63.8 Å². The molecule has 4 aromatic rings. The number of halogens is 1. The average Bonchev–Trinajstić information content (AvgIpc) is 2.87. The molecule has 0 aliphatic rings. The highest BCUT2D eigenvalue weighted by Crippen LogP contribution is 2.33. The van der Waals surface area contributed by atoms with Gasteiger partial charge in [-0.2, -0.15) is 0 Å². The number of benzene rings is 2. The van der Waals surface area contributed by atoms with Gasteiger partial charge >= 0.3 is 5.63 Å². The summed E-state index contributed by atoms with van der Waals surface area (Å²) < 4.78 is 20.0. The molecule has 0 N–H and O–H groups in total. The summed E-state index contributed by atoms with van der Waals surface area (Å²) in [6.07, 6.45) is 0. The Labute approximate surface area is 123 Å². The van der Waals surface area contributed by atoms with E-state index in [0.717, 1.165) is 15.5 Å². The van der Waals surface area contributed by atoms with Crippen LogP contribution in [-0.2, 0) is 0 Å². The van der Waals surface area contributed by atoms with Crippen molar-refractivity contribution in [3.63, 3.8) is 0 Å². The van der Waals surface area contributed by atoms with Crippen LogP contribution in [0.1, 0.15) is 0 Å². The van der Waals surface area contributed by atoms with E-state index in [4.69, 9.17) is 4.42 Å². The predicted octanol–water partition coefficient (Wildman–Crippen LogP) is 4.81. The number of hydrogen-bond acceptors (Lipinski definition) is 3. The maximum absolute atomic E-state index is 13.0. The largest absolute Gasteiger partial charge is 0.422 e. The summed E-state index contributed by atoms with van der Waals surface area (Å²) in [5, 5.41) is 1.92. The van der Waals surface area contributed by atoms with Gasteiger partial charge in [-0.15, -0.1) is 11.3 Å². The molecule has 2 nitrogen and oxygen atoms in total. The van der Waals surface area contributed by atoms with Gasteiger partial charge in [-0.3, -0.25) is 0 Å². The Bertz CT molecular complexity index is 1010.